The van der Waals surface area contributed by atoms with Crippen molar-refractivity contribution in [3.05, 3.63) is 63.5 Å². The normalized spacial score (nSPS) is 14.1. The van der Waals surface area contributed by atoms with Gasteiger partial charge in [0.25, 0.3) is 0 Å². The van der Waals surface area contributed by atoms with Gasteiger partial charge in [0.2, 0.25) is 5.88 Å². The molecule has 0 aliphatic heterocycles. The third-order valence-electron chi connectivity index (χ3n) is 4.56. The fourth-order valence-electron chi connectivity index (χ4n) is 3.11. The van der Waals surface area contributed by atoms with Crippen LogP contribution in [0.2, 0.25) is 0 Å². The second kappa shape index (κ2) is 6.49. The number of nitrogens with one attached hydrogen (secondary N) is 1. The molecule has 0 radical (unpaired) electrons. The van der Waals surface area contributed by atoms with Gasteiger partial charge in [0.05, 0.1) is 5.39 Å². The molecule has 0 atom stereocenters. The maximum Gasteiger partial charge on any atom is 0.249 e. The Balaban J connectivity index is 1.65. The van der Waals surface area contributed by atoms with Crippen molar-refractivity contribution >= 4 is 11.0 Å². The van der Waals surface area contributed by atoms with E-state index in [-0.39, 0.29) is 16.9 Å². The number of aromatic nitrogens is 3. The summed E-state index contributed by atoms with van der Waals surface area (Å²) in [6.45, 7) is 2.90. The van der Waals surface area contributed by atoms with E-state index in [1.165, 1.54) is 0 Å². The van der Waals surface area contributed by atoms with Crippen LogP contribution < -0.4 is 10.7 Å². The topological polar surface area (TPSA) is 80.0 Å². The average Bonchev–Trinajstić information content (AvgIpc) is 3.44. The van der Waals surface area contributed by atoms with Gasteiger partial charge in [-0.15, -0.1) is 0 Å². The number of halogens is 1. The molecule has 3 aromatic heterocycles. The van der Waals surface area contributed by atoms with Crippen LogP contribution in [0.4, 0.5) is 4.39 Å². The van der Waals surface area contributed by atoms with Gasteiger partial charge < -0.3 is 15.0 Å². The quantitative estimate of drug-likeness (QED) is 0.736. The lowest BCUT2D eigenvalue weighted by Crippen LogP contribution is -2.22. The first-order valence-electron chi connectivity index (χ1n) is 8.58. The fourth-order valence-corrected chi connectivity index (χ4v) is 3.11. The van der Waals surface area contributed by atoms with Gasteiger partial charge in [-0.1, -0.05) is 0 Å². The lowest BCUT2D eigenvalue weighted by Gasteiger charge is -2.13. The van der Waals surface area contributed by atoms with Crippen LogP contribution in [-0.2, 0) is 13.1 Å². The third kappa shape index (κ3) is 3.17. The summed E-state index contributed by atoms with van der Waals surface area (Å²) in [6, 6.07) is 5.23. The van der Waals surface area contributed by atoms with E-state index in [9.17, 15) is 14.3 Å². The predicted molar refractivity (Wildman–Crippen MR) is 95.4 cm³/mol. The second-order valence-corrected chi connectivity index (χ2v) is 6.70. The molecule has 7 heteroatoms. The van der Waals surface area contributed by atoms with Crippen LogP contribution in [0.15, 0.2) is 35.4 Å². The minimum atomic E-state index is -0.880. The van der Waals surface area contributed by atoms with E-state index in [0.29, 0.717) is 24.3 Å². The second-order valence-electron chi connectivity index (χ2n) is 6.70. The maximum absolute atomic E-state index is 13.7. The smallest absolute Gasteiger partial charge is 0.249 e. The summed E-state index contributed by atoms with van der Waals surface area (Å²) >= 11 is 0. The van der Waals surface area contributed by atoms with Gasteiger partial charge in [0.15, 0.2) is 11.2 Å². The van der Waals surface area contributed by atoms with Gasteiger partial charge in [-0.25, -0.2) is 4.39 Å². The zero-order valence-electron chi connectivity index (χ0n) is 14.4. The predicted octanol–water partition coefficient (Wildman–Crippen LogP) is 2.57. The van der Waals surface area contributed by atoms with Crippen molar-refractivity contribution in [3.63, 3.8) is 0 Å². The molecule has 1 saturated carbocycles. The van der Waals surface area contributed by atoms with Gasteiger partial charge in [-0.05, 0) is 43.5 Å². The molecular formula is C19H19FN4O2. The summed E-state index contributed by atoms with van der Waals surface area (Å²) in [6.07, 6.45) is 5.50. The molecule has 6 nitrogen and oxygen atoms in total. The zero-order valence-corrected chi connectivity index (χ0v) is 14.4. The SMILES string of the molecule is Cc1cc(CNCc2cn(C3CC3)c3nc(O)c(F)cc3c2=O)ccn1. The maximum atomic E-state index is 13.7. The van der Waals surface area contributed by atoms with E-state index in [4.69, 9.17) is 0 Å². The number of fused-ring (bicyclic) bond motifs is 1. The van der Waals surface area contributed by atoms with Crippen molar-refractivity contribution in [1.82, 2.24) is 19.9 Å². The number of hydrogen-bond donors (Lipinski definition) is 2. The molecule has 1 fully saturated rings. The molecule has 0 aromatic carbocycles. The van der Waals surface area contributed by atoms with E-state index >= 15 is 0 Å². The molecule has 2 N–H and O–H groups in total. The summed E-state index contributed by atoms with van der Waals surface area (Å²) in [5.41, 5.74) is 2.65. The minimum absolute atomic E-state index is 0.200. The Bertz CT molecular complexity index is 1040. The van der Waals surface area contributed by atoms with Crippen LogP contribution in [0.5, 0.6) is 5.88 Å². The average molecular weight is 354 g/mol. The summed E-state index contributed by atoms with van der Waals surface area (Å²) in [5.74, 6) is -1.56. The monoisotopic (exact) mass is 354 g/mol. The molecule has 0 amide bonds. The Hall–Kier alpha value is -2.80. The summed E-state index contributed by atoms with van der Waals surface area (Å²) in [4.78, 5) is 20.8. The molecule has 3 heterocycles. The molecule has 3 aromatic rings. The van der Waals surface area contributed by atoms with Gasteiger partial charge in [-0.2, -0.15) is 4.98 Å². The fraction of sp³-hybridized carbons (Fsp3) is 0.316. The molecular weight excluding hydrogens is 335 g/mol. The minimum Gasteiger partial charge on any atom is -0.491 e. The molecule has 0 saturated heterocycles. The summed E-state index contributed by atoms with van der Waals surface area (Å²) in [5, 5.41) is 13.0. The lowest BCUT2D eigenvalue weighted by atomic mass is 10.1. The number of nitrogens with zero attached hydrogens (tertiary/aromatic N) is 3. The van der Waals surface area contributed by atoms with Crippen LogP contribution in [-0.4, -0.2) is 19.6 Å². The molecule has 4 rings (SSSR count). The van der Waals surface area contributed by atoms with Crippen LogP contribution in [0.1, 0.15) is 35.7 Å². The lowest BCUT2D eigenvalue weighted by molar-refractivity contribution is 0.413. The van der Waals surface area contributed by atoms with Crippen LogP contribution in [0, 0.1) is 12.7 Å². The van der Waals surface area contributed by atoms with Crippen molar-refractivity contribution < 1.29 is 9.50 Å². The van der Waals surface area contributed by atoms with Crippen molar-refractivity contribution in [1.29, 1.82) is 0 Å². The Morgan fingerprint density at radius 3 is 2.88 bits per heavy atom. The third-order valence-corrected chi connectivity index (χ3v) is 4.56. The number of aromatic hydroxyl groups is 1. The first-order chi connectivity index (χ1) is 12.5. The van der Waals surface area contributed by atoms with Gasteiger partial charge in [-0.3, -0.25) is 9.78 Å². The highest BCUT2D eigenvalue weighted by molar-refractivity contribution is 5.76. The van der Waals surface area contributed by atoms with E-state index in [0.717, 1.165) is 30.2 Å². The van der Waals surface area contributed by atoms with Gasteiger partial charge >= 0.3 is 0 Å². The molecule has 26 heavy (non-hydrogen) atoms. The van der Waals surface area contributed by atoms with Crippen molar-refractivity contribution in [2.24, 2.45) is 0 Å². The van der Waals surface area contributed by atoms with E-state index in [1.54, 1.807) is 12.4 Å². The van der Waals surface area contributed by atoms with Crippen molar-refractivity contribution in [2.45, 2.75) is 38.9 Å². The van der Waals surface area contributed by atoms with Gasteiger partial charge in [0, 0.05) is 42.8 Å². The van der Waals surface area contributed by atoms with Gasteiger partial charge in [0.1, 0.15) is 5.65 Å². The first-order valence-corrected chi connectivity index (χ1v) is 8.58. The molecule has 1 aliphatic carbocycles. The molecule has 0 unspecified atom stereocenters. The van der Waals surface area contributed by atoms with E-state index < -0.39 is 11.7 Å². The Labute approximate surface area is 149 Å². The van der Waals surface area contributed by atoms with Crippen LogP contribution in [0.3, 0.4) is 0 Å². The van der Waals surface area contributed by atoms with Crippen molar-refractivity contribution in [3.8, 4) is 5.88 Å². The Kier molecular flexibility index (Phi) is 4.16. The Morgan fingerprint density at radius 1 is 1.35 bits per heavy atom. The van der Waals surface area contributed by atoms with E-state index in [1.807, 2.05) is 23.6 Å². The zero-order chi connectivity index (χ0) is 18.3. The molecule has 0 bridgehead atoms. The molecule has 134 valence electrons. The standard InChI is InChI=1S/C19H19FN4O2/c1-11-6-12(4-5-22-11)8-21-9-13-10-24(14-2-3-14)18-15(17(13)25)7-16(20)19(26)23-18/h4-7,10,14,21H,2-3,8-9H2,1H3,(H,23,26). The number of hydrogen-bond acceptors (Lipinski definition) is 5. The summed E-state index contributed by atoms with van der Waals surface area (Å²) in [7, 11) is 0. The van der Waals surface area contributed by atoms with Crippen molar-refractivity contribution in [2.75, 3.05) is 0 Å². The highest BCUT2D eigenvalue weighted by Gasteiger charge is 2.26. The van der Waals surface area contributed by atoms with E-state index in [2.05, 4.69) is 15.3 Å². The molecule has 1 aliphatic rings. The van der Waals surface area contributed by atoms with Crippen LogP contribution in [0.25, 0.3) is 11.0 Å². The molecule has 0 spiro atoms. The highest BCUT2D eigenvalue weighted by Crippen LogP contribution is 2.37. The largest absolute Gasteiger partial charge is 0.491 e. The Morgan fingerprint density at radius 2 is 2.15 bits per heavy atom. The van der Waals surface area contributed by atoms with Crippen LogP contribution >= 0.6 is 0 Å². The number of rotatable bonds is 5. The first kappa shape index (κ1) is 16.7. The number of aryl methyl sites for hydroxylation is 1. The summed E-state index contributed by atoms with van der Waals surface area (Å²) < 4.78 is 15.6. The number of pyridine rings is 3. The highest BCUT2D eigenvalue weighted by atomic mass is 19.1.